The maximum atomic E-state index is 12.0. The molecule has 1 aromatic rings. The van der Waals surface area contributed by atoms with E-state index in [-0.39, 0.29) is 5.90 Å². The largest absolute Gasteiger partial charge is 0.402 e. The van der Waals surface area contributed by atoms with E-state index in [0.717, 1.165) is 11.6 Å². The first-order valence-electron chi connectivity index (χ1n) is 6.14. The topological polar surface area (TPSA) is 55.7 Å². The first kappa shape index (κ1) is 13.2. The summed E-state index contributed by atoms with van der Waals surface area (Å²) in [5.41, 5.74) is -0.00706. The molecule has 1 heterocycles. The average Bonchev–Trinajstić information content (AvgIpc) is 2.77. The Morgan fingerprint density at radius 2 is 2.11 bits per heavy atom. The van der Waals surface area contributed by atoms with Crippen molar-refractivity contribution < 1.29 is 14.3 Å². The molecule has 0 aliphatic carbocycles. The Kier molecular flexibility index (Phi) is 3.60. The predicted molar refractivity (Wildman–Crippen MR) is 71.9 cm³/mol. The van der Waals surface area contributed by atoms with Crippen molar-refractivity contribution in [3.63, 3.8) is 0 Å². The molecule has 0 bridgehead atoms. The Balaban J connectivity index is 2.32. The standard InChI is InChI=1S/C15H15NO3/c1-3-12(17)13-16-15(4-2,14(18)19-13)10-11-8-6-5-7-9-11/h3,5-9H,1,4,10H2,2H3/t15-/m0/s1. The monoisotopic (exact) mass is 257 g/mol. The summed E-state index contributed by atoms with van der Waals surface area (Å²) in [6.07, 6.45) is 2.01. The van der Waals surface area contributed by atoms with Gasteiger partial charge in [-0.25, -0.2) is 9.79 Å². The molecule has 0 unspecified atom stereocenters. The molecule has 0 saturated heterocycles. The van der Waals surface area contributed by atoms with E-state index in [1.807, 2.05) is 37.3 Å². The van der Waals surface area contributed by atoms with E-state index in [1.165, 1.54) is 0 Å². The van der Waals surface area contributed by atoms with Crippen LogP contribution in [0.25, 0.3) is 0 Å². The van der Waals surface area contributed by atoms with Crippen molar-refractivity contribution in [3.8, 4) is 0 Å². The van der Waals surface area contributed by atoms with Gasteiger partial charge in [0.05, 0.1) is 0 Å². The summed E-state index contributed by atoms with van der Waals surface area (Å²) in [6.45, 7) is 5.22. The second-order valence-electron chi connectivity index (χ2n) is 4.42. The second-order valence-corrected chi connectivity index (χ2v) is 4.42. The number of esters is 1. The molecule has 1 aromatic carbocycles. The van der Waals surface area contributed by atoms with Crippen molar-refractivity contribution >= 4 is 17.7 Å². The lowest BCUT2D eigenvalue weighted by Gasteiger charge is -2.19. The molecule has 1 aliphatic heterocycles. The third-order valence-corrected chi connectivity index (χ3v) is 3.21. The zero-order valence-corrected chi connectivity index (χ0v) is 10.8. The maximum Gasteiger partial charge on any atom is 0.341 e. The van der Waals surface area contributed by atoms with Crippen LogP contribution >= 0.6 is 0 Å². The minimum Gasteiger partial charge on any atom is -0.402 e. The molecule has 0 aromatic heterocycles. The summed E-state index contributed by atoms with van der Waals surface area (Å²) in [6, 6.07) is 9.56. The SMILES string of the molecule is C=CC(=O)C1=N[C@@](CC)(Cc2ccccc2)C(=O)O1. The summed E-state index contributed by atoms with van der Waals surface area (Å²) >= 11 is 0. The highest BCUT2D eigenvalue weighted by Crippen LogP contribution is 2.29. The number of hydrogen-bond acceptors (Lipinski definition) is 4. The highest BCUT2D eigenvalue weighted by molar-refractivity contribution is 6.43. The zero-order valence-electron chi connectivity index (χ0n) is 10.8. The van der Waals surface area contributed by atoms with Gasteiger partial charge in [0.1, 0.15) is 0 Å². The molecule has 1 atom stereocenters. The third-order valence-electron chi connectivity index (χ3n) is 3.21. The number of aliphatic imine (C=N–C) groups is 1. The molecule has 0 amide bonds. The van der Waals surface area contributed by atoms with Gasteiger partial charge in [0.15, 0.2) is 5.54 Å². The Labute approximate surface area is 111 Å². The van der Waals surface area contributed by atoms with Gasteiger partial charge in [0, 0.05) is 6.42 Å². The molecule has 0 saturated carbocycles. The normalized spacial score (nSPS) is 21.7. The van der Waals surface area contributed by atoms with E-state index in [4.69, 9.17) is 4.74 Å². The van der Waals surface area contributed by atoms with Gasteiger partial charge in [-0.1, -0.05) is 43.8 Å². The number of rotatable bonds is 5. The summed E-state index contributed by atoms with van der Waals surface area (Å²) in [5, 5.41) is 0. The summed E-state index contributed by atoms with van der Waals surface area (Å²) in [4.78, 5) is 27.7. The minimum atomic E-state index is -0.991. The molecule has 19 heavy (non-hydrogen) atoms. The number of carbonyl (C=O) groups excluding carboxylic acids is 2. The van der Waals surface area contributed by atoms with Crippen molar-refractivity contribution in [2.45, 2.75) is 25.3 Å². The van der Waals surface area contributed by atoms with Crippen LogP contribution in [0.1, 0.15) is 18.9 Å². The lowest BCUT2D eigenvalue weighted by Crippen LogP contribution is -2.35. The Hall–Kier alpha value is -2.23. The van der Waals surface area contributed by atoms with Gasteiger partial charge in [0.2, 0.25) is 5.78 Å². The molecule has 4 heteroatoms. The van der Waals surface area contributed by atoms with Crippen molar-refractivity contribution in [2.75, 3.05) is 0 Å². The summed E-state index contributed by atoms with van der Waals surface area (Å²) in [5.74, 6) is -1.08. The van der Waals surface area contributed by atoms with E-state index in [1.54, 1.807) is 0 Å². The molecule has 2 rings (SSSR count). The van der Waals surface area contributed by atoms with Crippen LogP contribution in [0.4, 0.5) is 0 Å². The lowest BCUT2D eigenvalue weighted by atomic mass is 9.89. The molecule has 0 spiro atoms. The Bertz CT molecular complexity index is 548. The molecule has 0 fully saturated rings. The van der Waals surface area contributed by atoms with Crippen LogP contribution in [0.15, 0.2) is 48.0 Å². The number of cyclic esters (lactones) is 1. The number of benzene rings is 1. The van der Waals surface area contributed by atoms with Gasteiger partial charge < -0.3 is 4.74 Å². The van der Waals surface area contributed by atoms with Crippen LogP contribution in [-0.2, 0) is 20.7 Å². The highest BCUT2D eigenvalue weighted by Gasteiger charge is 2.45. The van der Waals surface area contributed by atoms with Gasteiger partial charge in [0.25, 0.3) is 5.90 Å². The summed E-state index contributed by atoms with van der Waals surface area (Å²) < 4.78 is 4.98. The molecular weight excluding hydrogens is 242 g/mol. The number of ketones is 1. The molecular formula is C15H15NO3. The smallest absolute Gasteiger partial charge is 0.341 e. The molecule has 4 nitrogen and oxygen atoms in total. The van der Waals surface area contributed by atoms with Gasteiger partial charge in [-0.05, 0) is 18.1 Å². The average molecular weight is 257 g/mol. The van der Waals surface area contributed by atoms with E-state index < -0.39 is 17.3 Å². The van der Waals surface area contributed by atoms with Crippen LogP contribution in [0, 0.1) is 0 Å². The molecule has 0 radical (unpaired) electrons. The highest BCUT2D eigenvalue weighted by atomic mass is 16.6. The van der Waals surface area contributed by atoms with Gasteiger partial charge in [-0.15, -0.1) is 0 Å². The van der Waals surface area contributed by atoms with Crippen molar-refractivity contribution in [1.29, 1.82) is 0 Å². The lowest BCUT2D eigenvalue weighted by molar-refractivity contribution is -0.139. The Morgan fingerprint density at radius 1 is 1.42 bits per heavy atom. The van der Waals surface area contributed by atoms with E-state index in [0.29, 0.717) is 12.8 Å². The first-order chi connectivity index (χ1) is 9.11. The van der Waals surface area contributed by atoms with Crippen LogP contribution in [-0.4, -0.2) is 23.2 Å². The van der Waals surface area contributed by atoms with Crippen molar-refractivity contribution in [3.05, 3.63) is 48.6 Å². The maximum absolute atomic E-state index is 12.0. The van der Waals surface area contributed by atoms with Crippen LogP contribution in [0.5, 0.6) is 0 Å². The third kappa shape index (κ3) is 2.47. The van der Waals surface area contributed by atoms with E-state index in [9.17, 15) is 9.59 Å². The van der Waals surface area contributed by atoms with Gasteiger partial charge >= 0.3 is 5.97 Å². The van der Waals surface area contributed by atoms with Crippen molar-refractivity contribution in [2.24, 2.45) is 4.99 Å². The number of nitrogens with zero attached hydrogens (tertiary/aromatic N) is 1. The van der Waals surface area contributed by atoms with E-state index >= 15 is 0 Å². The molecule has 1 aliphatic rings. The van der Waals surface area contributed by atoms with E-state index in [2.05, 4.69) is 11.6 Å². The number of ether oxygens (including phenoxy) is 1. The van der Waals surface area contributed by atoms with Gasteiger partial charge in [-0.3, -0.25) is 4.79 Å². The summed E-state index contributed by atoms with van der Waals surface area (Å²) in [7, 11) is 0. The first-order valence-corrected chi connectivity index (χ1v) is 6.14. The fraction of sp³-hybridized carbons (Fsp3) is 0.267. The van der Waals surface area contributed by atoms with Crippen LogP contribution in [0.3, 0.4) is 0 Å². The van der Waals surface area contributed by atoms with Crippen LogP contribution < -0.4 is 0 Å². The fourth-order valence-corrected chi connectivity index (χ4v) is 2.03. The van der Waals surface area contributed by atoms with Gasteiger partial charge in [-0.2, -0.15) is 0 Å². The van der Waals surface area contributed by atoms with Crippen LogP contribution in [0.2, 0.25) is 0 Å². The number of carbonyl (C=O) groups is 2. The molecule has 0 N–H and O–H groups in total. The Morgan fingerprint density at radius 3 is 2.68 bits per heavy atom. The van der Waals surface area contributed by atoms with Crippen molar-refractivity contribution in [1.82, 2.24) is 0 Å². The number of hydrogen-bond donors (Lipinski definition) is 0. The predicted octanol–water partition coefficient (Wildman–Crippen LogP) is 2.09. The molecule has 98 valence electrons. The zero-order chi connectivity index (χ0) is 13.9. The second kappa shape index (κ2) is 5.18. The fourth-order valence-electron chi connectivity index (χ4n) is 2.03. The quantitative estimate of drug-likeness (QED) is 0.599. The minimum absolute atomic E-state index is 0.155.